The minimum Gasteiger partial charge on any atom is -0.387 e. The Labute approximate surface area is 84.7 Å². The molecule has 3 heteroatoms. The average molecular weight is 195 g/mol. The van der Waals surface area contributed by atoms with Crippen LogP contribution in [0.1, 0.15) is 18.9 Å². The van der Waals surface area contributed by atoms with Crippen molar-refractivity contribution in [1.29, 1.82) is 0 Å². The largest absolute Gasteiger partial charge is 0.387 e. The number of hydrogen-bond donors (Lipinski definition) is 1. The standard InChI is InChI=1S/C11H17NO2/c1-3-11(13,9-14-2)7-10-5-4-6-12-8-10/h4-6,8,13H,3,7,9H2,1-2H3. The van der Waals surface area contributed by atoms with E-state index in [2.05, 4.69) is 4.98 Å². The molecule has 78 valence electrons. The molecule has 0 saturated heterocycles. The number of methoxy groups -OCH3 is 1. The second kappa shape index (κ2) is 5.08. The number of aromatic nitrogens is 1. The smallest absolute Gasteiger partial charge is 0.0918 e. The van der Waals surface area contributed by atoms with E-state index in [4.69, 9.17) is 4.74 Å². The minimum absolute atomic E-state index is 0.360. The summed E-state index contributed by atoms with van der Waals surface area (Å²) in [6, 6.07) is 3.83. The van der Waals surface area contributed by atoms with Crippen LogP contribution in [0.4, 0.5) is 0 Å². The van der Waals surface area contributed by atoms with Gasteiger partial charge in [-0.2, -0.15) is 0 Å². The van der Waals surface area contributed by atoms with Crippen molar-refractivity contribution in [3.05, 3.63) is 30.1 Å². The highest BCUT2D eigenvalue weighted by Crippen LogP contribution is 2.16. The zero-order chi connectivity index (χ0) is 10.4. The van der Waals surface area contributed by atoms with Gasteiger partial charge < -0.3 is 9.84 Å². The molecule has 0 fully saturated rings. The van der Waals surface area contributed by atoms with Crippen LogP contribution in [0.5, 0.6) is 0 Å². The van der Waals surface area contributed by atoms with Crippen molar-refractivity contribution < 1.29 is 9.84 Å². The Kier molecular flexibility index (Phi) is 4.04. The van der Waals surface area contributed by atoms with Gasteiger partial charge in [-0.3, -0.25) is 4.98 Å². The van der Waals surface area contributed by atoms with E-state index in [1.807, 2.05) is 19.1 Å². The van der Waals surface area contributed by atoms with Crippen LogP contribution < -0.4 is 0 Å². The molecule has 0 saturated carbocycles. The van der Waals surface area contributed by atoms with Gasteiger partial charge in [-0.1, -0.05) is 13.0 Å². The number of aliphatic hydroxyl groups is 1. The molecule has 1 rings (SSSR count). The minimum atomic E-state index is -0.766. The predicted octanol–water partition coefficient (Wildman–Crippen LogP) is 1.41. The first-order valence-corrected chi connectivity index (χ1v) is 4.80. The van der Waals surface area contributed by atoms with Crippen LogP contribution in [0.3, 0.4) is 0 Å². The van der Waals surface area contributed by atoms with Gasteiger partial charge in [0.05, 0.1) is 12.2 Å². The molecule has 3 nitrogen and oxygen atoms in total. The highest BCUT2D eigenvalue weighted by atomic mass is 16.5. The van der Waals surface area contributed by atoms with E-state index in [9.17, 15) is 5.11 Å². The Bertz CT molecular complexity index is 263. The number of ether oxygens (including phenoxy) is 1. The van der Waals surface area contributed by atoms with Crippen LogP contribution >= 0.6 is 0 Å². The number of hydrogen-bond acceptors (Lipinski definition) is 3. The Morgan fingerprint density at radius 1 is 1.57 bits per heavy atom. The summed E-state index contributed by atoms with van der Waals surface area (Å²) in [7, 11) is 1.60. The molecule has 0 amide bonds. The molecule has 0 aliphatic rings. The Morgan fingerprint density at radius 2 is 2.36 bits per heavy atom. The lowest BCUT2D eigenvalue weighted by atomic mass is 9.94. The van der Waals surface area contributed by atoms with Crippen LogP contribution in [0.25, 0.3) is 0 Å². The summed E-state index contributed by atoms with van der Waals surface area (Å²) in [5, 5.41) is 10.1. The Morgan fingerprint density at radius 3 is 2.86 bits per heavy atom. The summed E-state index contributed by atoms with van der Waals surface area (Å²) in [6.07, 6.45) is 4.77. The quantitative estimate of drug-likeness (QED) is 0.772. The zero-order valence-electron chi connectivity index (χ0n) is 8.73. The lowest BCUT2D eigenvalue weighted by Crippen LogP contribution is -2.35. The summed E-state index contributed by atoms with van der Waals surface area (Å²) in [4.78, 5) is 4.01. The molecule has 0 aliphatic carbocycles. The molecule has 0 bridgehead atoms. The normalized spacial score (nSPS) is 15.1. The molecule has 1 aromatic rings. The average Bonchev–Trinajstić information content (AvgIpc) is 2.20. The maximum absolute atomic E-state index is 10.1. The molecule has 0 aromatic carbocycles. The molecular weight excluding hydrogens is 178 g/mol. The summed E-state index contributed by atoms with van der Waals surface area (Å²) in [5.41, 5.74) is 0.270. The van der Waals surface area contributed by atoms with Gasteiger partial charge in [-0.15, -0.1) is 0 Å². The van der Waals surface area contributed by atoms with E-state index in [0.717, 1.165) is 5.56 Å². The summed E-state index contributed by atoms with van der Waals surface area (Å²) < 4.78 is 5.00. The van der Waals surface area contributed by atoms with Gasteiger partial charge in [-0.05, 0) is 18.1 Å². The van der Waals surface area contributed by atoms with E-state index in [0.29, 0.717) is 19.4 Å². The second-order valence-electron chi connectivity index (χ2n) is 3.55. The number of rotatable bonds is 5. The van der Waals surface area contributed by atoms with Crippen molar-refractivity contribution in [3.8, 4) is 0 Å². The first kappa shape index (κ1) is 11.1. The Balaban J connectivity index is 2.65. The van der Waals surface area contributed by atoms with Gasteiger partial charge in [0.15, 0.2) is 0 Å². The van der Waals surface area contributed by atoms with E-state index in [1.165, 1.54) is 0 Å². The van der Waals surface area contributed by atoms with Crippen molar-refractivity contribution in [2.45, 2.75) is 25.4 Å². The molecule has 1 aromatic heterocycles. The van der Waals surface area contributed by atoms with E-state index in [-0.39, 0.29) is 0 Å². The van der Waals surface area contributed by atoms with Gasteiger partial charge in [0, 0.05) is 25.9 Å². The summed E-state index contributed by atoms with van der Waals surface area (Å²) in [5.74, 6) is 0. The SMILES string of the molecule is CCC(O)(COC)Cc1cccnc1. The van der Waals surface area contributed by atoms with Crippen molar-refractivity contribution in [2.75, 3.05) is 13.7 Å². The topological polar surface area (TPSA) is 42.4 Å². The molecule has 1 heterocycles. The lowest BCUT2D eigenvalue weighted by Gasteiger charge is -2.25. The van der Waals surface area contributed by atoms with Gasteiger partial charge in [0.25, 0.3) is 0 Å². The molecule has 0 radical (unpaired) electrons. The van der Waals surface area contributed by atoms with E-state index < -0.39 is 5.60 Å². The monoisotopic (exact) mass is 195 g/mol. The van der Waals surface area contributed by atoms with E-state index in [1.54, 1.807) is 19.5 Å². The fraction of sp³-hybridized carbons (Fsp3) is 0.545. The predicted molar refractivity (Wildman–Crippen MR) is 55.1 cm³/mol. The zero-order valence-corrected chi connectivity index (χ0v) is 8.73. The van der Waals surface area contributed by atoms with Crippen molar-refractivity contribution in [3.63, 3.8) is 0 Å². The third-order valence-electron chi connectivity index (χ3n) is 2.33. The molecule has 14 heavy (non-hydrogen) atoms. The van der Waals surface area contributed by atoms with Crippen LogP contribution in [-0.2, 0) is 11.2 Å². The second-order valence-corrected chi connectivity index (χ2v) is 3.55. The van der Waals surface area contributed by atoms with Crippen molar-refractivity contribution in [2.24, 2.45) is 0 Å². The van der Waals surface area contributed by atoms with Gasteiger partial charge in [0.1, 0.15) is 0 Å². The van der Waals surface area contributed by atoms with Crippen LogP contribution in [0, 0.1) is 0 Å². The number of pyridine rings is 1. The van der Waals surface area contributed by atoms with Gasteiger partial charge in [-0.25, -0.2) is 0 Å². The molecule has 1 atom stereocenters. The first-order valence-electron chi connectivity index (χ1n) is 4.80. The lowest BCUT2D eigenvalue weighted by molar-refractivity contribution is -0.0333. The molecule has 1 unspecified atom stereocenters. The van der Waals surface area contributed by atoms with Crippen LogP contribution in [0.2, 0.25) is 0 Å². The highest BCUT2D eigenvalue weighted by molar-refractivity contribution is 5.11. The van der Waals surface area contributed by atoms with Crippen molar-refractivity contribution in [1.82, 2.24) is 4.98 Å². The summed E-state index contributed by atoms with van der Waals surface area (Å²) in [6.45, 7) is 2.31. The van der Waals surface area contributed by atoms with E-state index >= 15 is 0 Å². The first-order chi connectivity index (χ1) is 6.70. The third kappa shape index (κ3) is 3.09. The third-order valence-corrected chi connectivity index (χ3v) is 2.33. The fourth-order valence-corrected chi connectivity index (χ4v) is 1.43. The van der Waals surface area contributed by atoms with Crippen LogP contribution in [0.15, 0.2) is 24.5 Å². The number of nitrogens with zero attached hydrogens (tertiary/aromatic N) is 1. The van der Waals surface area contributed by atoms with Crippen molar-refractivity contribution >= 4 is 0 Å². The molecule has 0 aliphatic heterocycles. The Hall–Kier alpha value is -0.930. The molecular formula is C11H17NO2. The molecule has 0 spiro atoms. The van der Waals surface area contributed by atoms with Gasteiger partial charge in [0.2, 0.25) is 0 Å². The maximum atomic E-state index is 10.1. The molecule has 1 N–H and O–H groups in total. The summed E-state index contributed by atoms with van der Waals surface area (Å²) >= 11 is 0. The highest BCUT2D eigenvalue weighted by Gasteiger charge is 2.24. The van der Waals surface area contributed by atoms with Gasteiger partial charge >= 0.3 is 0 Å². The fourth-order valence-electron chi connectivity index (χ4n) is 1.43. The van der Waals surface area contributed by atoms with Crippen LogP contribution in [-0.4, -0.2) is 29.4 Å². The maximum Gasteiger partial charge on any atom is 0.0918 e.